The average molecular weight is 506 g/mol. The maximum atomic E-state index is 13.4. The summed E-state index contributed by atoms with van der Waals surface area (Å²) in [7, 11) is 9.16. The molecule has 1 saturated heterocycles. The van der Waals surface area contributed by atoms with Crippen LogP contribution < -0.4 is 19.4 Å². The van der Waals surface area contributed by atoms with E-state index in [1.54, 1.807) is 24.3 Å². The number of aliphatic hydroxyl groups is 1. The summed E-state index contributed by atoms with van der Waals surface area (Å²) in [6.07, 6.45) is 0. The Hall–Kier alpha value is -3.97. The molecule has 1 N–H and O–H groups in total. The van der Waals surface area contributed by atoms with E-state index < -0.39 is 17.7 Å². The first-order valence-electron chi connectivity index (χ1n) is 11.3. The highest BCUT2D eigenvalue weighted by atomic mass is 35.5. The number of hydrogen-bond acceptors (Lipinski definition) is 6. The fourth-order valence-electron chi connectivity index (χ4n) is 4.29. The van der Waals surface area contributed by atoms with Crippen LogP contribution in [0.3, 0.4) is 0 Å². The smallest absolute Gasteiger partial charge is 0.300 e. The van der Waals surface area contributed by atoms with Gasteiger partial charge in [-0.1, -0.05) is 23.7 Å². The van der Waals surface area contributed by atoms with E-state index in [0.29, 0.717) is 22.0 Å². The van der Waals surface area contributed by atoms with Gasteiger partial charge in [0.2, 0.25) is 0 Å². The number of methoxy groups -OCH3 is 1. The number of anilines is 3. The van der Waals surface area contributed by atoms with Crippen LogP contribution in [0.4, 0.5) is 17.1 Å². The number of carbonyl (C=O) groups excluding carboxylic acids is 2. The van der Waals surface area contributed by atoms with Gasteiger partial charge in [0.25, 0.3) is 11.7 Å². The van der Waals surface area contributed by atoms with Crippen LogP contribution >= 0.6 is 11.6 Å². The Labute approximate surface area is 215 Å². The molecule has 7 nitrogen and oxygen atoms in total. The summed E-state index contributed by atoms with van der Waals surface area (Å²) in [5.41, 5.74) is 3.34. The predicted octanol–water partition coefficient (Wildman–Crippen LogP) is 5.11. The third-order valence-electron chi connectivity index (χ3n) is 6.23. The van der Waals surface area contributed by atoms with E-state index in [4.69, 9.17) is 16.3 Å². The number of amides is 1. The van der Waals surface area contributed by atoms with Crippen molar-refractivity contribution >= 4 is 46.1 Å². The van der Waals surface area contributed by atoms with E-state index in [-0.39, 0.29) is 16.9 Å². The summed E-state index contributed by atoms with van der Waals surface area (Å²) in [4.78, 5) is 32.2. The van der Waals surface area contributed by atoms with Gasteiger partial charge in [-0.05, 0) is 60.2 Å². The van der Waals surface area contributed by atoms with Crippen LogP contribution in [0.2, 0.25) is 5.02 Å². The third kappa shape index (κ3) is 4.50. The van der Waals surface area contributed by atoms with Crippen molar-refractivity contribution in [1.29, 1.82) is 0 Å². The minimum Gasteiger partial charge on any atom is -0.507 e. The molecule has 0 bridgehead atoms. The summed E-state index contributed by atoms with van der Waals surface area (Å²) >= 11 is 6.19. The number of ketones is 1. The molecule has 1 heterocycles. The highest BCUT2D eigenvalue weighted by molar-refractivity contribution is 6.51. The first kappa shape index (κ1) is 25.1. The van der Waals surface area contributed by atoms with Gasteiger partial charge in [0.05, 0.1) is 24.3 Å². The number of rotatable bonds is 6. The number of ether oxygens (including phenoxy) is 1. The molecule has 0 aliphatic carbocycles. The molecule has 4 rings (SSSR count). The van der Waals surface area contributed by atoms with E-state index in [1.807, 2.05) is 74.4 Å². The maximum Gasteiger partial charge on any atom is 0.300 e. The number of nitrogens with zero attached hydrogens (tertiary/aromatic N) is 3. The third-order valence-corrected chi connectivity index (χ3v) is 6.47. The fourth-order valence-corrected chi connectivity index (χ4v) is 4.46. The van der Waals surface area contributed by atoms with Gasteiger partial charge in [-0.15, -0.1) is 0 Å². The van der Waals surface area contributed by atoms with Gasteiger partial charge in [-0.25, -0.2) is 0 Å². The molecule has 3 aromatic carbocycles. The SMILES string of the molecule is COc1ccc(Cl)cc1/C(O)=C1\C(=O)C(=O)N(c2ccc(N(C)C)cc2)C1c1ccc(N(C)C)cc1. The lowest BCUT2D eigenvalue weighted by Crippen LogP contribution is -2.29. The second kappa shape index (κ2) is 9.95. The molecule has 36 heavy (non-hydrogen) atoms. The maximum absolute atomic E-state index is 13.4. The van der Waals surface area contributed by atoms with Crippen molar-refractivity contribution < 1.29 is 19.4 Å². The lowest BCUT2D eigenvalue weighted by Gasteiger charge is -2.26. The Morgan fingerprint density at radius 2 is 1.44 bits per heavy atom. The predicted molar refractivity (Wildman–Crippen MR) is 144 cm³/mol. The van der Waals surface area contributed by atoms with Crippen molar-refractivity contribution in [3.05, 3.63) is 88.5 Å². The number of Topliss-reactive ketones (excluding diaryl/α,β-unsaturated/α-hetero) is 1. The van der Waals surface area contributed by atoms with Crippen molar-refractivity contribution in [1.82, 2.24) is 0 Å². The standard InChI is InChI=1S/C28H28ClN3O4/c1-30(2)19-9-6-17(7-10-19)25-24(26(33)22-16-18(29)8-15-23(22)36-5)27(34)28(35)32(25)21-13-11-20(12-14-21)31(3)4/h6-16,25,33H,1-5H3/b26-24+. The molecular weight excluding hydrogens is 478 g/mol. The summed E-state index contributed by atoms with van der Waals surface area (Å²) in [6.45, 7) is 0. The number of carbonyl (C=O) groups is 2. The van der Waals surface area contributed by atoms with Gasteiger partial charge < -0.3 is 19.6 Å². The number of aliphatic hydroxyl groups excluding tert-OH is 1. The molecule has 1 aliphatic heterocycles. The van der Waals surface area contributed by atoms with Crippen molar-refractivity contribution in [2.75, 3.05) is 50.0 Å². The normalized spacial score (nSPS) is 16.8. The Morgan fingerprint density at radius 3 is 1.97 bits per heavy atom. The highest BCUT2D eigenvalue weighted by Crippen LogP contribution is 2.44. The van der Waals surface area contributed by atoms with Crippen LogP contribution in [0, 0.1) is 0 Å². The van der Waals surface area contributed by atoms with Gasteiger partial charge in [-0.2, -0.15) is 0 Å². The molecule has 1 atom stereocenters. The second-order valence-electron chi connectivity index (χ2n) is 8.91. The number of benzene rings is 3. The minimum absolute atomic E-state index is 0.0325. The molecule has 8 heteroatoms. The zero-order chi connectivity index (χ0) is 26.1. The molecule has 3 aromatic rings. The molecular formula is C28H28ClN3O4. The first-order chi connectivity index (χ1) is 17.1. The van der Waals surface area contributed by atoms with Crippen molar-refractivity contribution in [3.8, 4) is 5.75 Å². The van der Waals surface area contributed by atoms with Crippen LogP contribution in [0.25, 0.3) is 5.76 Å². The molecule has 0 aromatic heterocycles. The first-order valence-corrected chi connectivity index (χ1v) is 11.7. The molecule has 1 unspecified atom stereocenters. The zero-order valence-corrected chi connectivity index (χ0v) is 21.6. The molecule has 0 saturated carbocycles. The second-order valence-corrected chi connectivity index (χ2v) is 9.35. The summed E-state index contributed by atoms with van der Waals surface area (Å²) in [5, 5.41) is 11.8. The van der Waals surface area contributed by atoms with Crippen LogP contribution in [-0.4, -0.2) is 52.1 Å². The molecule has 1 amide bonds. The van der Waals surface area contributed by atoms with Crippen molar-refractivity contribution in [2.45, 2.75) is 6.04 Å². The van der Waals surface area contributed by atoms with E-state index in [1.165, 1.54) is 18.1 Å². The lowest BCUT2D eigenvalue weighted by atomic mass is 9.94. The van der Waals surface area contributed by atoms with Crippen LogP contribution in [-0.2, 0) is 9.59 Å². The van der Waals surface area contributed by atoms with Crippen molar-refractivity contribution in [2.24, 2.45) is 0 Å². The summed E-state index contributed by atoms with van der Waals surface area (Å²) in [6, 6.07) is 18.8. The Bertz CT molecular complexity index is 1330. The van der Waals surface area contributed by atoms with Gasteiger partial charge >= 0.3 is 0 Å². The molecule has 0 radical (unpaired) electrons. The Morgan fingerprint density at radius 1 is 0.889 bits per heavy atom. The van der Waals surface area contributed by atoms with Gasteiger partial charge in [0, 0.05) is 50.3 Å². The molecule has 186 valence electrons. The number of halogens is 1. The molecule has 1 fully saturated rings. The van der Waals surface area contributed by atoms with E-state index >= 15 is 0 Å². The topological polar surface area (TPSA) is 73.3 Å². The summed E-state index contributed by atoms with van der Waals surface area (Å²) < 4.78 is 5.40. The number of hydrogen-bond donors (Lipinski definition) is 1. The van der Waals surface area contributed by atoms with Gasteiger partial charge in [-0.3, -0.25) is 14.5 Å². The van der Waals surface area contributed by atoms with Gasteiger partial charge in [0.15, 0.2) is 0 Å². The van der Waals surface area contributed by atoms with Crippen LogP contribution in [0.15, 0.2) is 72.3 Å². The summed E-state index contributed by atoms with van der Waals surface area (Å²) in [5.74, 6) is -1.52. The van der Waals surface area contributed by atoms with E-state index in [2.05, 4.69) is 0 Å². The quantitative estimate of drug-likeness (QED) is 0.285. The van der Waals surface area contributed by atoms with Crippen molar-refractivity contribution in [3.63, 3.8) is 0 Å². The molecule has 1 aliphatic rings. The average Bonchev–Trinajstić information content (AvgIpc) is 3.13. The molecule has 0 spiro atoms. The van der Waals surface area contributed by atoms with Crippen LogP contribution in [0.5, 0.6) is 5.75 Å². The fraction of sp³-hybridized carbons (Fsp3) is 0.214. The lowest BCUT2D eigenvalue weighted by molar-refractivity contribution is -0.132. The zero-order valence-electron chi connectivity index (χ0n) is 20.8. The van der Waals surface area contributed by atoms with Crippen LogP contribution in [0.1, 0.15) is 17.2 Å². The highest BCUT2D eigenvalue weighted by Gasteiger charge is 2.47. The largest absolute Gasteiger partial charge is 0.507 e. The van der Waals surface area contributed by atoms with E-state index in [0.717, 1.165) is 11.4 Å². The minimum atomic E-state index is -0.852. The Kier molecular flexibility index (Phi) is 6.95. The Balaban J connectivity index is 1.94. The van der Waals surface area contributed by atoms with Gasteiger partial charge in [0.1, 0.15) is 11.5 Å². The monoisotopic (exact) mass is 505 g/mol. The van der Waals surface area contributed by atoms with E-state index in [9.17, 15) is 14.7 Å².